The number of nitrogens with one attached hydrogen (secondary N) is 1. The van der Waals surface area contributed by atoms with Gasteiger partial charge >= 0.3 is 18.2 Å². The van der Waals surface area contributed by atoms with Crippen LogP contribution >= 0.6 is 0 Å². The van der Waals surface area contributed by atoms with Crippen LogP contribution in [0.25, 0.3) is 0 Å². The van der Waals surface area contributed by atoms with Crippen molar-refractivity contribution in [2.75, 3.05) is 0 Å². The Morgan fingerprint density at radius 1 is 1.29 bits per heavy atom. The zero-order valence-electron chi connectivity index (χ0n) is 8.33. The third-order valence-corrected chi connectivity index (χ3v) is 1.32. The lowest BCUT2D eigenvalue weighted by molar-refractivity contribution is -0.134. The maximum atomic E-state index is 10.9. The van der Waals surface area contributed by atoms with Crippen molar-refractivity contribution in [1.29, 1.82) is 0 Å². The summed E-state index contributed by atoms with van der Waals surface area (Å²) in [6.45, 7) is 4.56. The van der Waals surface area contributed by atoms with E-state index in [9.17, 15) is 14.4 Å². The molecule has 0 aliphatic rings. The van der Waals surface area contributed by atoms with Gasteiger partial charge in [-0.05, 0) is 13.3 Å². The molecule has 0 saturated carbocycles. The molecule has 0 fully saturated rings. The summed E-state index contributed by atoms with van der Waals surface area (Å²) in [6, 6.07) is 0. The van der Waals surface area contributed by atoms with E-state index in [1.165, 1.54) is 0 Å². The summed E-state index contributed by atoms with van der Waals surface area (Å²) < 4.78 is 8.74. The van der Waals surface area contributed by atoms with E-state index in [2.05, 4.69) is 9.47 Å². The molecule has 0 aliphatic heterocycles. The van der Waals surface area contributed by atoms with Gasteiger partial charge in [-0.1, -0.05) is 6.92 Å². The molecule has 14 heavy (non-hydrogen) atoms. The number of imide groups is 1. The topological polar surface area (TPSA) is 81.7 Å². The quantitative estimate of drug-likeness (QED) is 0.538. The Bertz CT molecular complexity index is 238. The molecule has 0 rings (SSSR count). The van der Waals surface area contributed by atoms with E-state index in [1.807, 2.05) is 6.92 Å². The van der Waals surface area contributed by atoms with Crippen LogP contribution in [0.5, 0.6) is 0 Å². The van der Waals surface area contributed by atoms with Crippen molar-refractivity contribution in [1.82, 2.24) is 5.32 Å². The fourth-order valence-corrected chi connectivity index (χ4v) is 0.535. The lowest BCUT2D eigenvalue weighted by Gasteiger charge is -2.10. The van der Waals surface area contributed by atoms with Crippen LogP contribution in [-0.4, -0.2) is 24.3 Å². The van der Waals surface area contributed by atoms with Crippen LogP contribution in [0.4, 0.5) is 9.59 Å². The van der Waals surface area contributed by atoms with Gasteiger partial charge in [-0.15, -0.1) is 0 Å². The molecule has 0 radical (unpaired) electrons. The highest BCUT2D eigenvalue weighted by Gasteiger charge is 2.13. The molecule has 0 aromatic carbocycles. The molecule has 1 N–H and O–H groups in total. The van der Waals surface area contributed by atoms with Gasteiger partial charge in [0.25, 0.3) is 0 Å². The molecule has 0 aliphatic carbocycles. The van der Waals surface area contributed by atoms with Crippen molar-refractivity contribution < 1.29 is 23.9 Å². The van der Waals surface area contributed by atoms with Crippen molar-refractivity contribution in [3.63, 3.8) is 0 Å². The number of hydrogen-bond acceptors (Lipinski definition) is 5. The van der Waals surface area contributed by atoms with Crippen molar-refractivity contribution in [3.05, 3.63) is 0 Å². The molecular formula is C8H13NO5. The maximum Gasteiger partial charge on any atom is 0.424 e. The number of carbonyl (C=O) groups excluding carboxylic acids is 3. The minimum absolute atomic E-state index is 0.292. The highest BCUT2D eigenvalue weighted by Crippen LogP contribution is 1.95. The monoisotopic (exact) mass is 203 g/mol. The van der Waals surface area contributed by atoms with Gasteiger partial charge in [0.2, 0.25) is 0 Å². The molecule has 6 nitrogen and oxygen atoms in total. The molecule has 80 valence electrons. The summed E-state index contributed by atoms with van der Waals surface area (Å²) in [5, 5.41) is 1.73. The van der Waals surface area contributed by atoms with Crippen LogP contribution in [0.3, 0.4) is 0 Å². The number of amides is 2. The third kappa shape index (κ3) is 5.99. The van der Waals surface area contributed by atoms with Crippen molar-refractivity contribution in [3.8, 4) is 0 Å². The Morgan fingerprint density at radius 2 is 1.86 bits per heavy atom. The average Bonchev–Trinajstić information content (AvgIpc) is 2.01. The van der Waals surface area contributed by atoms with Gasteiger partial charge in [0.15, 0.2) is 0 Å². The number of esters is 1. The zero-order valence-corrected chi connectivity index (χ0v) is 8.33. The molecule has 1 unspecified atom stereocenters. The Morgan fingerprint density at radius 3 is 2.29 bits per heavy atom. The first-order valence-corrected chi connectivity index (χ1v) is 4.15. The third-order valence-electron chi connectivity index (χ3n) is 1.32. The predicted octanol–water partition coefficient (Wildman–Crippen LogP) is 1.19. The zero-order chi connectivity index (χ0) is 11.1. The van der Waals surface area contributed by atoms with Gasteiger partial charge in [0.05, 0.1) is 0 Å². The molecule has 0 aromatic heterocycles. The molecule has 1 atom stereocenters. The standard InChI is InChI=1S/C8H13NO5/c1-4-5(2)13-7(11)9-8(12)14-6(3)10/h5H,4H2,1-3H3,(H,9,11,12). The average molecular weight is 203 g/mol. The SMILES string of the molecule is CCC(C)OC(=O)NC(=O)OC(C)=O. The molecule has 0 aromatic rings. The van der Waals surface area contributed by atoms with E-state index in [-0.39, 0.29) is 6.10 Å². The second-order valence-electron chi connectivity index (χ2n) is 2.63. The minimum atomic E-state index is -1.13. The number of ether oxygens (including phenoxy) is 2. The van der Waals surface area contributed by atoms with E-state index in [4.69, 9.17) is 0 Å². The van der Waals surface area contributed by atoms with Gasteiger partial charge in [-0.2, -0.15) is 0 Å². The van der Waals surface area contributed by atoms with E-state index in [1.54, 1.807) is 12.2 Å². The molecule has 0 heterocycles. The first kappa shape index (κ1) is 12.4. The fraction of sp³-hybridized carbons (Fsp3) is 0.625. The van der Waals surface area contributed by atoms with Crippen molar-refractivity contribution in [2.45, 2.75) is 33.3 Å². The van der Waals surface area contributed by atoms with Crippen LogP contribution in [0, 0.1) is 0 Å². The van der Waals surface area contributed by atoms with Gasteiger partial charge < -0.3 is 9.47 Å². The first-order chi connectivity index (χ1) is 6.45. The van der Waals surface area contributed by atoms with Crippen LogP contribution < -0.4 is 5.32 Å². The van der Waals surface area contributed by atoms with Gasteiger partial charge in [0.1, 0.15) is 6.10 Å². The van der Waals surface area contributed by atoms with E-state index in [0.717, 1.165) is 6.92 Å². The molecular weight excluding hydrogens is 190 g/mol. The van der Waals surface area contributed by atoms with Crippen LogP contribution in [-0.2, 0) is 14.3 Å². The van der Waals surface area contributed by atoms with Crippen LogP contribution in [0.2, 0.25) is 0 Å². The van der Waals surface area contributed by atoms with E-state index < -0.39 is 18.2 Å². The molecule has 0 bridgehead atoms. The molecule has 0 saturated heterocycles. The van der Waals surface area contributed by atoms with Crippen LogP contribution in [0.15, 0.2) is 0 Å². The minimum Gasteiger partial charge on any atom is -0.446 e. The first-order valence-electron chi connectivity index (χ1n) is 4.15. The summed E-state index contributed by atoms with van der Waals surface area (Å²) in [5.74, 6) is -0.793. The van der Waals surface area contributed by atoms with Gasteiger partial charge in [0, 0.05) is 6.92 Å². The Labute approximate surface area is 81.6 Å². The fourth-order valence-electron chi connectivity index (χ4n) is 0.535. The van der Waals surface area contributed by atoms with Crippen molar-refractivity contribution in [2.24, 2.45) is 0 Å². The maximum absolute atomic E-state index is 10.9. The van der Waals surface area contributed by atoms with Gasteiger partial charge in [-0.3, -0.25) is 4.79 Å². The predicted molar refractivity (Wildman–Crippen MR) is 46.5 cm³/mol. The Balaban J connectivity index is 3.82. The van der Waals surface area contributed by atoms with E-state index >= 15 is 0 Å². The number of hydrogen-bond donors (Lipinski definition) is 1. The lowest BCUT2D eigenvalue weighted by atomic mass is 10.3. The Kier molecular flexibility index (Phi) is 5.28. The molecule has 0 spiro atoms. The molecule has 2 amide bonds. The second kappa shape index (κ2) is 5.95. The number of rotatable bonds is 2. The molecule has 6 heteroatoms. The largest absolute Gasteiger partial charge is 0.446 e. The summed E-state index contributed by atoms with van der Waals surface area (Å²) in [7, 11) is 0. The van der Waals surface area contributed by atoms with Crippen LogP contribution in [0.1, 0.15) is 27.2 Å². The normalized spacial score (nSPS) is 11.4. The highest BCUT2D eigenvalue weighted by molar-refractivity contribution is 5.92. The summed E-state index contributed by atoms with van der Waals surface area (Å²) >= 11 is 0. The lowest BCUT2D eigenvalue weighted by Crippen LogP contribution is -2.34. The second-order valence-corrected chi connectivity index (χ2v) is 2.63. The Hall–Kier alpha value is -1.59. The summed E-state index contributed by atoms with van der Waals surface area (Å²) in [4.78, 5) is 31.8. The van der Waals surface area contributed by atoms with Crippen molar-refractivity contribution >= 4 is 18.2 Å². The summed E-state index contributed by atoms with van der Waals surface area (Å²) in [5.41, 5.74) is 0. The van der Waals surface area contributed by atoms with E-state index in [0.29, 0.717) is 6.42 Å². The number of carbonyl (C=O) groups is 3. The summed E-state index contributed by atoms with van der Waals surface area (Å²) in [6.07, 6.45) is -1.72. The smallest absolute Gasteiger partial charge is 0.424 e. The number of alkyl carbamates (subject to hydrolysis) is 2. The highest BCUT2D eigenvalue weighted by atomic mass is 16.6. The van der Waals surface area contributed by atoms with Gasteiger partial charge in [-0.25, -0.2) is 14.9 Å².